The molecule has 0 atom stereocenters. The summed E-state index contributed by atoms with van der Waals surface area (Å²) in [6, 6.07) is 11.4. The highest BCUT2D eigenvalue weighted by molar-refractivity contribution is 6.17. The van der Waals surface area contributed by atoms with Crippen LogP contribution in [0.5, 0.6) is 0 Å². The van der Waals surface area contributed by atoms with E-state index in [1.807, 2.05) is 0 Å². The quantitative estimate of drug-likeness (QED) is 0.770. The molecule has 0 saturated carbocycles. The Morgan fingerprint density at radius 3 is 2.38 bits per heavy atom. The molecule has 0 radical (unpaired) electrons. The number of hydrogen-bond donors (Lipinski definition) is 2. The van der Waals surface area contributed by atoms with Gasteiger partial charge in [-0.15, -0.1) is 0 Å². The Kier molecular flexibility index (Phi) is 3.12. The molecule has 2 N–H and O–H groups in total. The van der Waals surface area contributed by atoms with Crippen LogP contribution in [-0.4, -0.2) is 22.1 Å². The molecule has 0 aliphatic carbocycles. The summed E-state index contributed by atoms with van der Waals surface area (Å²) in [6.07, 6.45) is 1.33. The predicted molar refractivity (Wildman–Crippen MR) is 75.4 cm³/mol. The number of carboxylic acid groups (broad SMARTS) is 1. The van der Waals surface area contributed by atoms with E-state index in [2.05, 4.69) is 15.0 Å². The van der Waals surface area contributed by atoms with Gasteiger partial charge in [0.1, 0.15) is 6.26 Å². The van der Waals surface area contributed by atoms with Gasteiger partial charge in [-0.25, -0.2) is 4.79 Å². The molecule has 1 aromatic heterocycles. The van der Waals surface area contributed by atoms with Crippen LogP contribution in [0.3, 0.4) is 0 Å². The minimum atomic E-state index is -1.08. The molecule has 3 aromatic rings. The number of carbonyl (C=O) groups is 2. The molecule has 0 aliphatic rings. The Balaban J connectivity index is 2.13. The molecule has 0 aliphatic heterocycles. The molecule has 0 spiro atoms. The Morgan fingerprint density at radius 2 is 1.76 bits per heavy atom. The topological polar surface area (TPSA) is 92.4 Å². The summed E-state index contributed by atoms with van der Waals surface area (Å²) >= 11 is 0. The molecular formula is C15H10N2O4. The van der Waals surface area contributed by atoms with Crippen molar-refractivity contribution in [3.05, 3.63) is 59.9 Å². The minimum absolute atomic E-state index is 0.0819. The molecule has 0 saturated heterocycles. The van der Waals surface area contributed by atoms with Crippen molar-refractivity contribution in [2.24, 2.45) is 0 Å². The van der Waals surface area contributed by atoms with Crippen molar-refractivity contribution in [1.29, 1.82) is 0 Å². The van der Waals surface area contributed by atoms with Gasteiger partial charge in [-0.1, -0.05) is 29.4 Å². The van der Waals surface area contributed by atoms with Gasteiger partial charge in [0.15, 0.2) is 5.82 Å². The lowest BCUT2D eigenvalue weighted by Crippen LogP contribution is -2.13. The number of carbonyl (C=O) groups excluding carboxylic acids is 1. The number of benzene rings is 2. The molecule has 104 valence electrons. The zero-order chi connectivity index (χ0) is 14.8. The Hall–Kier alpha value is -3.15. The summed E-state index contributed by atoms with van der Waals surface area (Å²) in [5.41, 5.74) is 0.354. The Labute approximate surface area is 119 Å². The fourth-order valence-corrected chi connectivity index (χ4v) is 2.17. The molecule has 21 heavy (non-hydrogen) atoms. The number of anilines is 1. The first-order chi connectivity index (χ1) is 10.2. The lowest BCUT2D eigenvalue weighted by molar-refractivity contribution is 0.0699. The van der Waals surface area contributed by atoms with E-state index in [1.165, 1.54) is 18.4 Å². The van der Waals surface area contributed by atoms with Crippen LogP contribution >= 0.6 is 0 Å². The van der Waals surface area contributed by atoms with Gasteiger partial charge in [-0.2, -0.15) is 0 Å². The van der Waals surface area contributed by atoms with Gasteiger partial charge in [-0.3, -0.25) is 4.79 Å². The molecule has 3 rings (SSSR count). The number of aromatic carboxylic acids is 1. The highest BCUT2D eigenvalue weighted by Gasteiger charge is 2.17. The third kappa shape index (κ3) is 2.34. The molecule has 0 fully saturated rings. The van der Waals surface area contributed by atoms with Gasteiger partial charge in [0, 0.05) is 17.0 Å². The van der Waals surface area contributed by atoms with Gasteiger partial charge < -0.3 is 14.9 Å². The second-order valence-electron chi connectivity index (χ2n) is 4.35. The second-order valence-corrected chi connectivity index (χ2v) is 4.35. The molecule has 6 nitrogen and oxygen atoms in total. The van der Waals surface area contributed by atoms with E-state index in [0.717, 1.165) is 0 Å². The maximum absolute atomic E-state index is 12.3. The summed E-state index contributed by atoms with van der Waals surface area (Å²) < 4.78 is 4.64. The summed E-state index contributed by atoms with van der Waals surface area (Å²) in [6.45, 7) is 0. The summed E-state index contributed by atoms with van der Waals surface area (Å²) in [5.74, 6) is -1.25. The van der Waals surface area contributed by atoms with Gasteiger partial charge in [0.05, 0.1) is 5.56 Å². The first kappa shape index (κ1) is 12.9. The second kappa shape index (κ2) is 5.09. The molecule has 6 heteroatoms. The lowest BCUT2D eigenvalue weighted by Gasteiger charge is -2.08. The fourth-order valence-electron chi connectivity index (χ4n) is 2.17. The van der Waals surface area contributed by atoms with Crippen LogP contribution in [-0.2, 0) is 0 Å². The maximum Gasteiger partial charge on any atom is 0.336 e. The number of fused-ring (bicyclic) bond motifs is 1. The number of aromatic nitrogens is 1. The number of carboxylic acids is 1. The third-order valence-corrected chi connectivity index (χ3v) is 3.06. The minimum Gasteiger partial charge on any atom is -0.478 e. The van der Waals surface area contributed by atoms with E-state index in [4.69, 9.17) is 0 Å². The van der Waals surface area contributed by atoms with Crippen molar-refractivity contribution in [3.8, 4) is 0 Å². The number of amides is 1. The first-order valence-corrected chi connectivity index (χ1v) is 6.13. The van der Waals surface area contributed by atoms with E-state index in [0.29, 0.717) is 10.8 Å². The monoisotopic (exact) mass is 282 g/mol. The van der Waals surface area contributed by atoms with Crippen molar-refractivity contribution < 1.29 is 19.2 Å². The molecular weight excluding hydrogens is 272 g/mol. The van der Waals surface area contributed by atoms with Gasteiger partial charge in [-0.05, 0) is 17.5 Å². The zero-order valence-corrected chi connectivity index (χ0v) is 10.7. The number of nitrogens with zero attached hydrogens (tertiary/aromatic N) is 1. The molecule has 2 aromatic carbocycles. The van der Waals surface area contributed by atoms with Crippen LogP contribution in [0.2, 0.25) is 0 Å². The third-order valence-electron chi connectivity index (χ3n) is 3.06. The van der Waals surface area contributed by atoms with Gasteiger partial charge in [0.25, 0.3) is 5.91 Å². The van der Waals surface area contributed by atoms with Crippen LogP contribution in [0.25, 0.3) is 10.8 Å². The van der Waals surface area contributed by atoms with Crippen molar-refractivity contribution in [2.75, 3.05) is 5.32 Å². The van der Waals surface area contributed by atoms with E-state index in [1.54, 1.807) is 30.3 Å². The summed E-state index contributed by atoms with van der Waals surface area (Å²) in [7, 11) is 0. The zero-order valence-electron chi connectivity index (χ0n) is 10.7. The molecule has 1 amide bonds. The van der Waals surface area contributed by atoms with Crippen LogP contribution in [0.15, 0.2) is 53.3 Å². The largest absolute Gasteiger partial charge is 0.478 e. The summed E-state index contributed by atoms with van der Waals surface area (Å²) in [5, 5.41) is 16.5. The van der Waals surface area contributed by atoms with Crippen LogP contribution in [0.1, 0.15) is 20.7 Å². The van der Waals surface area contributed by atoms with Gasteiger partial charge in [0.2, 0.25) is 0 Å². The predicted octanol–water partition coefficient (Wildman–Crippen LogP) is 2.78. The normalized spacial score (nSPS) is 10.5. The maximum atomic E-state index is 12.3. The van der Waals surface area contributed by atoms with E-state index in [-0.39, 0.29) is 16.9 Å². The van der Waals surface area contributed by atoms with Crippen LogP contribution in [0.4, 0.5) is 5.82 Å². The van der Waals surface area contributed by atoms with Crippen molar-refractivity contribution in [1.82, 2.24) is 5.16 Å². The average molecular weight is 282 g/mol. The Bertz CT molecular complexity index is 820. The van der Waals surface area contributed by atoms with Crippen molar-refractivity contribution in [2.45, 2.75) is 0 Å². The van der Waals surface area contributed by atoms with E-state index in [9.17, 15) is 14.7 Å². The number of hydrogen-bond acceptors (Lipinski definition) is 4. The standard InChI is InChI=1S/C15H10N2O4/c18-14(16-12-7-8-21-17-12)10-5-1-3-9-4-2-6-11(13(9)10)15(19)20/h1-8H,(H,19,20)(H,16,17,18). The smallest absolute Gasteiger partial charge is 0.336 e. The Morgan fingerprint density at radius 1 is 1.05 bits per heavy atom. The van der Waals surface area contributed by atoms with E-state index >= 15 is 0 Å². The molecule has 0 bridgehead atoms. The fraction of sp³-hybridized carbons (Fsp3) is 0. The summed E-state index contributed by atoms with van der Waals surface area (Å²) in [4.78, 5) is 23.7. The van der Waals surface area contributed by atoms with Gasteiger partial charge >= 0.3 is 5.97 Å². The average Bonchev–Trinajstić information content (AvgIpc) is 2.98. The van der Waals surface area contributed by atoms with Crippen molar-refractivity contribution >= 4 is 28.5 Å². The highest BCUT2D eigenvalue weighted by atomic mass is 16.5. The molecule has 0 unspecified atom stereocenters. The lowest BCUT2D eigenvalue weighted by atomic mass is 9.98. The molecule has 1 heterocycles. The SMILES string of the molecule is O=C(O)c1cccc2cccc(C(=O)Nc3ccon3)c12. The first-order valence-electron chi connectivity index (χ1n) is 6.13. The number of rotatable bonds is 3. The van der Waals surface area contributed by atoms with Crippen LogP contribution < -0.4 is 5.32 Å². The number of nitrogens with one attached hydrogen (secondary N) is 1. The van der Waals surface area contributed by atoms with E-state index < -0.39 is 11.9 Å². The highest BCUT2D eigenvalue weighted by Crippen LogP contribution is 2.24. The van der Waals surface area contributed by atoms with Crippen LogP contribution in [0, 0.1) is 0 Å². The van der Waals surface area contributed by atoms with Crippen molar-refractivity contribution in [3.63, 3.8) is 0 Å².